The van der Waals surface area contributed by atoms with E-state index in [0.29, 0.717) is 0 Å². The Balaban J connectivity index is 1.62. The molecule has 0 unspecified atom stereocenters. The summed E-state index contributed by atoms with van der Waals surface area (Å²) in [7, 11) is 4.01. The SMILES string of the molecule is Cn1ccnc1-c1ccc(-c2ccc(-c3nccn3C)cc2)cc1. The first-order valence-corrected chi connectivity index (χ1v) is 7.88. The van der Waals surface area contributed by atoms with Crippen LogP contribution in [0.1, 0.15) is 0 Å². The third kappa shape index (κ3) is 2.52. The van der Waals surface area contributed by atoms with Gasteiger partial charge in [0, 0.05) is 50.0 Å². The lowest BCUT2D eigenvalue weighted by molar-refractivity contribution is 0.925. The lowest BCUT2D eigenvalue weighted by Crippen LogP contribution is -1.91. The van der Waals surface area contributed by atoms with E-state index < -0.39 is 0 Å². The summed E-state index contributed by atoms with van der Waals surface area (Å²) >= 11 is 0. The normalized spacial score (nSPS) is 10.9. The Bertz CT molecular complexity index is 878. The second-order valence-electron chi connectivity index (χ2n) is 5.88. The molecule has 2 heterocycles. The van der Waals surface area contributed by atoms with Gasteiger partial charge in [0.15, 0.2) is 0 Å². The molecule has 0 fully saturated rings. The summed E-state index contributed by atoms with van der Waals surface area (Å²) in [5.41, 5.74) is 4.63. The molecular formula is C20H18N4. The molecule has 0 aliphatic heterocycles. The molecule has 24 heavy (non-hydrogen) atoms. The molecule has 4 nitrogen and oxygen atoms in total. The van der Waals surface area contributed by atoms with Crippen molar-refractivity contribution in [3.63, 3.8) is 0 Å². The van der Waals surface area contributed by atoms with Crippen molar-refractivity contribution in [3.8, 4) is 33.9 Å². The zero-order valence-electron chi connectivity index (χ0n) is 13.7. The van der Waals surface area contributed by atoms with Crippen LogP contribution in [-0.4, -0.2) is 19.1 Å². The number of hydrogen-bond acceptors (Lipinski definition) is 2. The number of aromatic nitrogens is 4. The van der Waals surface area contributed by atoms with Gasteiger partial charge >= 0.3 is 0 Å². The molecule has 0 aliphatic rings. The zero-order chi connectivity index (χ0) is 16.5. The smallest absolute Gasteiger partial charge is 0.139 e. The maximum atomic E-state index is 4.39. The molecule has 0 saturated heterocycles. The van der Waals surface area contributed by atoms with Gasteiger partial charge in [0.05, 0.1) is 0 Å². The van der Waals surface area contributed by atoms with Crippen LogP contribution in [0.25, 0.3) is 33.9 Å². The number of aryl methyl sites for hydroxylation is 2. The van der Waals surface area contributed by atoms with Gasteiger partial charge in [0.2, 0.25) is 0 Å². The van der Waals surface area contributed by atoms with Crippen molar-refractivity contribution in [1.29, 1.82) is 0 Å². The van der Waals surface area contributed by atoms with E-state index in [9.17, 15) is 0 Å². The predicted octanol–water partition coefficient (Wildman–Crippen LogP) is 4.15. The Hall–Kier alpha value is -3.14. The van der Waals surface area contributed by atoms with Gasteiger partial charge in [-0.15, -0.1) is 0 Å². The van der Waals surface area contributed by atoms with Gasteiger partial charge in [-0.2, -0.15) is 0 Å². The first kappa shape index (κ1) is 14.5. The van der Waals surface area contributed by atoms with Crippen LogP contribution < -0.4 is 0 Å². The predicted molar refractivity (Wildman–Crippen MR) is 96.3 cm³/mol. The number of benzene rings is 2. The van der Waals surface area contributed by atoms with E-state index in [1.54, 1.807) is 0 Å². The zero-order valence-corrected chi connectivity index (χ0v) is 13.7. The van der Waals surface area contributed by atoms with Gasteiger partial charge < -0.3 is 9.13 Å². The van der Waals surface area contributed by atoms with Crippen LogP contribution in [0, 0.1) is 0 Å². The average molecular weight is 314 g/mol. The second kappa shape index (κ2) is 5.81. The maximum Gasteiger partial charge on any atom is 0.139 e. The summed E-state index contributed by atoms with van der Waals surface area (Å²) in [6, 6.07) is 17.0. The Morgan fingerprint density at radius 3 is 1.17 bits per heavy atom. The molecule has 2 aromatic heterocycles. The van der Waals surface area contributed by atoms with Crippen molar-refractivity contribution >= 4 is 0 Å². The molecule has 0 saturated carbocycles. The summed E-state index contributed by atoms with van der Waals surface area (Å²) in [6.45, 7) is 0. The summed E-state index contributed by atoms with van der Waals surface area (Å²) < 4.78 is 4.05. The van der Waals surface area contributed by atoms with Crippen molar-refractivity contribution < 1.29 is 0 Å². The van der Waals surface area contributed by atoms with Gasteiger partial charge in [0.1, 0.15) is 11.6 Å². The molecule has 0 atom stereocenters. The van der Waals surface area contributed by atoms with Crippen LogP contribution in [0.5, 0.6) is 0 Å². The van der Waals surface area contributed by atoms with Crippen LogP contribution in [-0.2, 0) is 14.1 Å². The van der Waals surface area contributed by atoms with Gasteiger partial charge in [-0.3, -0.25) is 0 Å². The fraction of sp³-hybridized carbons (Fsp3) is 0.100. The average Bonchev–Trinajstić information content (AvgIpc) is 3.23. The number of nitrogens with zero attached hydrogens (tertiary/aromatic N) is 4. The van der Waals surface area contributed by atoms with Crippen molar-refractivity contribution in [2.24, 2.45) is 14.1 Å². The van der Waals surface area contributed by atoms with Crippen LogP contribution in [0.2, 0.25) is 0 Å². The molecular weight excluding hydrogens is 296 g/mol. The highest BCUT2D eigenvalue weighted by molar-refractivity contribution is 5.70. The van der Waals surface area contributed by atoms with Gasteiger partial charge in [-0.1, -0.05) is 48.5 Å². The molecule has 0 bridgehead atoms. The second-order valence-corrected chi connectivity index (χ2v) is 5.88. The monoisotopic (exact) mass is 314 g/mol. The molecule has 4 heteroatoms. The summed E-state index contributed by atoms with van der Waals surface area (Å²) in [5, 5.41) is 0. The maximum absolute atomic E-state index is 4.39. The highest BCUT2D eigenvalue weighted by atomic mass is 15.0. The molecule has 0 radical (unpaired) electrons. The highest BCUT2D eigenvalue weighted by Crippen LogP contribution is 2.26. The largest absolute Gasteiger partial charge is 0.334 e. The van der Waals surface area contributed by atoms with Gasteiger partial charge in [-0.05, 0) is 11.1 Å². The first-order chi connectivity index (χ1) is 11.7. The fourth-order valence-electron chi connectivity index (χ4n) is 2.91. The van der Waals surface area contributed by atoms with Gasteiger partial charge in [0.25, 0.3) is 0 Å². The molecule has 118 valence electrons. The third-order valence-electron chi connectivity index (χ3n) is 4.26. The Labute approximate surface area is 141 Å². The summed E-state index contributed by atoms with van der Waals surface area (Å²) in [5.74, 6) is 1.96. The molecule has 4 rings (SSSR count). The molecule has 2 aromatic carbocycles. The number of imidazole rings is 2. The molecule has 0 N–H and O–H groups in total. The standard InChI is InChI=1S/C20H18N4/c1-23-13-11-21-19(23)17-7-3-15(4-8-17)16-5-9-18(10-6-16)20-22-12-14-24(20)2/h3-14H,1-2H3. The highest BCUT2D eigenvalue weighted by Gasteiger charge is 2.06. The third-order valence-corrected chi connectivity index (χ3v) is 4.26. The van der Waals surface area contributed by atoms with E-state index in [2.05, 4.69) is 58.5 Å². The Morgan fingerprint density at radius 2 is 0.875 bits per heavy atom. The van der Waals surface area contributed by atoms with E-state index in [1.165, 1.54) is 11.1 Å². The fourth-order valence-corrected chi connectivity index (χ4v) is 2.91. The Morgan fingerprint density at radius 1 is 0.542 bits per heavy atom. The van der Waals surface area contributed by atoms with Crippen LogP contribution in [0.4, 0.5) is 0 Å². The van der Waals surface area contributed by atoms with E-state index in [4.69, 9.17) is 0 Å². The van der Waals surface area contributed by atoms with E-state index >= 15 is 0 Å². The van der Waals surface area contributed by atoms with Crippen molar-refractivity contribution in [2.75, 3.05) is 0 Å². The molecule has 4 aromatic rings. The minimum Gasteiger partial charge on any atom is -0.334 e. The van der Waals surface area contributed by atoms with Crippen molar-refractivity contribution in [3.05, 3.63) is 73.3 Å². The van der Waals surface area contributed by atoms with Crippen LogP contribution in [0.15, 0.2) is 73.3 Å². The molecule has 0 aliphatic carbocycles. The van der Waals surface area contributed by atoms with E-state index in [0.717, 1.165) is 22.8 Å². The quantitative estimate of drug-likeness (QED) is 0.569. The van der Waals surface area contributed by atoms with Crippen molar-refractivity contribution in [2.45, 2.75) is 0 Å². The van der Waals surface area contributed by atoms with Gasteiger partial charge in [-0.25, -0.2) is 9.97 Å². The number of rotatable bonds is 3. The topological polar surface area (TPSA) is 35.6 Å². The van der Waals surface area contributed by atoms with Crippen LogP contribution >= 0.6 is 0 Å². The lowest BCUT2D eigenvalue weighted by Gasteiger charge is -2.07. The molecule has 0 spiro atoms. The first-order valence-electron chi connectivity index (χ1n) is 7.88. The minimum absolute atomic E-state index is 0.978. The van der Waals surface area contributed by atoms with Crippen LogP contribution in [0.3, 0.4) is 0 Å². The summed E-state index contributed by atoms with van der Waals surface area (Å²) in [6.07, 6.45) is 7.55. The Kier molecular flexibility index (Phi) is 3.50. The number of hydrogen-bond donors (Lipinski definition) is 0. The van der Waals surface area contributed by atoms with E-state index in [-0.39, 0.29) is 0 Å². The minimum atomic E-state index is 0.978. The summed E-state index contributed by atoms with van der Waals surface area (Å²) in [4.78, 5) is 8.78. The van der Waals surface area contributed by atoms with E-state index in [1.807, 2.05) is 48.0 Å². The lowest BCUT2D eigenvalue weighted by atomic mass is 10.0. The van der Waals surface area contributed by atoms with Crippen molar-refractivity contribution in [1.82, 2.24) is 19.1 Å². The molecule has 0 amide bonds.